The van der Waals surface area contributed by atoms with Crippen LogP contribution in [-0.4, -0.2) is 20.4 Å². The Morgan fingerprint density at radius 2 is 1.96 bits per heavy atom. The highest BCUT2D eigenvalue weighted by Gasteiger charge is 2.20. The molecule has 0 spiro atoms. The minimum absolute atomic E-state index is 0.00946. The van der Waals surface area contributed by atoms with E-state index in [2.05, 4.69) is 10.1 Å². The highest BCUT2D eigenvalue weighted by molar-refractivity contribution is 5.59. The van der Waals surface area contributed by atoms with E-state index in [4.69, 9.17) is 9.47 Å². The van der Waals surface area contributed by atoms with Crippen LogP contribution in [-0.2, 0) is 11.3 Å². The summed E-state index contributed by atoms with van der Waals surface area (Å²) in [6, 6.07) is 14.3. The molecule has 0 saturated heterocycles. The molecule has 0 saturated carbocycles. The number of alkyl halides is 2. The monoisotopic (exact) mass is 348 g/mol. The summed E-state index contributed by atoms with van der Waals surface area (Å²) in [6.45, 7) is -2.36. The maximum Gasteiger partial charge on any atom is 0.387 e. The average molecular weight is 348 g/mol. The number of halogens is 2. The molecule has 5 nitrogen and oxygen atoms in total. The van der Waals surface area contributed by atoms with Gasteiger partial charge in [0.25, 0.3) is 0 Å². The van der Waals surface area contributed by atoms with Crippen LogP contribution >= 0.6 is 0 Å². The van der Waals surface area contributed by atoms with Crippen molar-refractivity contribution in [3.8, 4) is 11.5 Å². The van der Waals surface area contributed by atoms with Crippen LogP contribution < -0.4 is 19.7 Å². The molecule has 0 fully saturated rings. The van der Waals surface area contributed by atoms with Crippen LogP contribution in [0.1, 0.15) is 5.56 Å². The standard InChI is InChI=1S/C18H18F2N2O3/c1-21-17-11-23-12-22(17)14-7-8-15(25-18(19)20)16(9-14)24-10-13-5-3-2-4-6-13/h2-9,11,18,21H,10,12H2,1H3. The topological polar surface area (TPSA) is 43.0 Å². The Morgan fingerprint density at radius 1 is 1.16 bits per heavy atom. The summed E-state index contributed by atoms with van der Waals surface area (Å²) >= 11 is 0. The number of ether oxygens (including phenoxy) is 3. The fraction of sp³-hybridized carbons (Fsp3) is 0.222. The van der Waals surface area contributed by atoms with Crippen LogP contribution in [0, 0.1) is 0 Å². The summed E-state index contributed by atoms with van der Waals surface area (Å²) in [7, 11) is 1.77. The van der Waals surface area contributed by atoms with Gasteiger partial charge in [0, 0.05) is 18.8 Å². The summed E-state index contributed by atoms with van der Waals surface area (Å²) in [5.41, 5.74) is 1.67. The van der Waals surface area contributed by atoms with E-state index in [1.165, 1.54) is 6.07 Å². The number of hydrogen-bond acceptors (Lipinski definition) is 5. The minimum atomic E-state index is -2.92. The SMILES string of the molecule is CNC1=COCN1c1ccc(OC(F)F)c(OCc2ccccc2)c1. The first-order chi connectivity index (χ1) is 12.2. The van der Waals surface area contributed by atoms with Crippen molar-refractivity contribution in [3.63, 3.8) is 0 Å². The number of benzene rings is 2. The summed E-state index contributed by atoms with van der Waals surface area (Å²) in [5, 5.41) is 3.01. The van der Waals surface area contributed by atoms with E-state index < -0.39 is 6.61 Å². The summed E-state index contributed by atoms with van der Waals surface area (Å²) in [4.78, 5) is 1.85. The van der Waals surface area contributed by atoms with Crippen LogP contribution in [0.2, 0.25) is 0 Å². The Labute approximate surface area is 144 Å². The van der Waals surface area contributed by atoms with E-state index in [0.29, 0.717) is 6.73 Å². The summed E-state index contributed by atoms with van der Waals surface area (Å²) in [6.07, 6.45) is 1.59. The van der Waals surface area contributed by atoms with Crippen molar-refractivity contribution < 1.29 is 23.0 Å². The third-order valence-corrected chi connectivity index (χ3v) is 3.64. The fourth-order valence-electron chi connectivity index (χ4n) is 2.44. The molecule has 0 amide bonds. The zero-order valence-electron chi connectivity index (χ0n) is 13.6. The third kappa shape index (κ3) is 4.12. The van der Waals surface area contributed by atoms with Crippen LogP contribution in [0.4, 0.5) is 14.5 Å². The summed E-state index contributed by atoms with van der Waals surface area (Å²) in [5.74, 6) is 0.991. The Balaban J connectivity index is 1.84. The molecule has 0 aromatic heterocycles. The van der Waals surface area contributed by atoms with E-state index in [1.807, 2.05) is 35.2 Å². The maximum absolute atomic E-state index is 12.7. The second kappa shape index (κ2) is 7.74. The lowest BCUT2D eigenvalue weighted by molar-refractivity contribution is -0.0515. The van der Waals surface area contributed by atoms with E-state index >= 15 is 0 Å². The lowest BCUT2D eigenvalue weighted by atomic mass is 10.2. The normalized spacial score (nSPS) is 13.4. The molecule has 0 atom stereocenters. The highest BCUT2D eigenvalue weighted by atomic mass is 19.3. The molecule has 1 aliphatic heterocycles. The molecule has 2 aromatic carbocycles. The van der Waals surface area contributed by atoms with Gasteiger partial charge in [-0.05, 0) is 17.7 Å². The van der Waals surface area contributed by atoms with Crippen LogP contribution in [0.5, 0.6) is 11.5 Å². The maximum atomic E-state index is 12.7. The van der Waals surface area contributed by atoms with Crippen molar-refractivity contribution >= 4 is 5.69 Å². The second-order valence-electron chi connectivity index (χ2n) is 5.26. The molecule has 132 valence electrons. The molecule has 25 heavy (non-hydrogen) atoms. The zero-order valence-corrected chi connectivity index (χ0v) is 13.6. The number of nitrogens with one attached hydrogen (secondary N) is 1. The predicted octanol–water partition coefficient (Wildman–Crippen LogP) is 3.68. The molecule has 1 aliphatic rings. The minimum Gasteiger partial charge on any atom is -0.485 e. The Bertz CT molecular complexity index is 738. The van der Waals surface area contributed by atoms with Crippen LogP contribution in [0.15, 0.2) is 60.6 Å². The van der Waals surface area contributed by atoms with Gasteiger partial charge in [-0.25, -0.2) is 0 Å². The summed E-state index contributed by atoms with van der Waals surface area (Å²) < 4.78 is 40.9. The van der Waals surface area contributed by atoms with E-state index in [1.54, 1.807) is 25.4 Å². The molecule has 0 aliphatic carbocycles. The first kappa shape index (κ1) is 16.9. The predicted molar refractivity (Wildman–Crippen MR) is 89.4 cm³/mol. The number of nitrogens with zero attached hydrogens (tertiary/aromatic N) is 1. The molecule has 2 aromatic rings. The van der Waals surface area contributed by atoms with Gasteiger partial charge in [0.05, 0.1) is 0 Å². The van der Waals surface area contributed by atoms with Crippen molar-refractivity contribution in [3.05, 3.63) is 66.2 Å². The molecule has 0 radical (unpaired) electrons. The molecule has 0 bridgehead atoms. The molecule has 1 N–H and O–H groups in total. The van der Waals surface area contributed by atoms with Gasteiger partial charge in [-0.15, -0.1) is 0 Å². The lowest BCUT2D eigenvalue weighted by Gasteiger charge is -2.21. The lowest BCUT2D eigenvalue weighted by Crippen LogP contribution is -2.26. The van der Waals surface area contributed by atoms with Crippen LogP contribution in [0.3, 0.4) is 0 Å². The quantitative estimate of drug-likeness (QED) is 0.827. The van der Waals surface area contributed by atoms with Gasteiger partial charge in [-0.2, -0.15) is 8.78 Å². The van der Waals surface area contributed by atoms with Crippen molar-refractivity contribution in [2.45, 2.75) is 13.2 Å². The van der Waals surface area contributed by atoms with Gasteiger partial charge in [-0.1, -0.05) is 30.3 Å². The van der Waals surface area contributed by atoms with Crippen molar-refractivity contribution in [1.82, 2.24) is 5.32 Å². The van der Waals surface area contributed by atoms with Crippen molar-refractivity contribution in [2.24, 2.45) is 0 Å². The molecule has 3 rings (SSSR count). The molecule has 0 unspecified atom stereocenters. The number of rotatable bonds is 7. The zero-order chi connectivity index (χ0) is 17.6. The van der Waals surface area contributed by atoms with Gasteiger partial charge < -0.3 is 19.5 Å². The number of hydrogen-bond donors (Lipinski definition) is 1. The first-order valence-electron chi connectivity index (χ1n) is 7.70. The van der Waals surface area contributed by atoms with Gasteiger partial charge in [0.2, 0.25) is 0 Å². The average Bonchev–Trinajstić information content (AvgIpc) is 3.10. The molecular weight excluding hydrogens is 330 g/mol. The van der Waals surface area contributed by atoms with Gasteiger partial charge in [0.15, 0.2) is 18.2 Å². The van der Waals surface area contributed by atoms with Gasteiger partial charge >= 0.3 is 6.61 Å². The largest absolute Gasteiger partial charge is 0.485 e. The van der Waals surface area contributed by atoms with Crippen molar-refractivity contribution in [2.75, 3.05) is 18.7 Å². The number of anilines is 1. The second-order valence-corrected chi connectivity index (χ2v) is 5.26. The van der Waals surface area contributed by atoms with Crippen LogP contribution in [0.25, 0.3) is 0 Å². The Hall–Kier alpha value is -2.96. The Morgan fingerprint density at radius 3 is 2.68 bits per heavy atom. The third-order valence-electron chi connectivity index (χ3n) is 3.64. The Kier molecular flexibility index (Phi) is 5.23. The van der Waals surface area contributed by atoms with E-state index in [9.17, 15) is 8.78 Å². The first-order valence-corrected chi connectivity index (χ1v) is 7.70. The van der Waals surface area contributed by atoms with Gasteiger partial charge in [-0.3, -0.25) is 4.90 Å². The van der Waals surface area contributed by atoms with E-state index in [0.717, 1.165) is 17.1 Å². The van der Waals surface area contributed by atoms with E-state index in [-0.39, 0.29) is 18.1 Å². The highest BCUT2D eigenvalue weighted by Crippen LogP contribution is 2.35. The molecule has 7 heteroatoms. The fourth-order valence-corrected chi connectivity index (χ4v) is 2.44. The molecule has 1 heterocycles. The molecular formula is C18H18F2N2O3. The van der Waals surface area contributed by atoms with Crippen molar-refractivity contribution in [1.29, 1.82) is 0 Å². The van der Waals surface area contributed by atoms with Gasteiger partial charge in [0.1, 0.15) is 18.7 Å². The smallest absolute Gasteiger partial charge is 0.387 e.